The van der Waals surface area contributed by atoms with Gasteiger partial charge in [0.05, 0.1) is 0 Å². The average Bonchev–Trinajstić information content (AvgIpc) is 2.92. The van der Waals surface area contributed by atoms with Crippen molar-refractivity contribution in [3.8, 4) is 0 Å². The Kier molecular flexibility index (Phi) is 5.73. The van der Waals surface area contributed by atoms with E-state index >= 15 is 0 Å². The number of benzene rings is 1. The number of fused-ring (bicyclic) bond motifs is 5. The molecule has 0 aromatic heterocycles. The Bertz CT molecular complexity index is 728. The van der Waals surface area contributed by atoms with E-state index in [1.54, 1.807) is 12.1 Å². The maximum absolute atomic E-state index is 13.6. The molecule has 0 aliphatic heterocycles. The maximum atomic E-state index is 13.6. The number of hydrogen-bond donors (Lipinski definition) is 1. The van der Waals surface area contributed by atoms with Crippen molar-refractivity contribution in [1.29, 1.82) is 0 Å². The summed E-state index contributed by atoms with van der Waals surface area (Å²) in [6.45, 7) is 6.11. The molecule has 148 valence electrons. The zero-order valence-corrected chi connectivity index (χ0v) is 16.6. The van der Waals surface area contributed by atoms with E-state index < -0.39 is 5.97 Å². The molecule has 27 heavy (non-hydrogen) atoms. The topological polar surface area (TPSA) is 54.4 Å². The number of halogens is 1. The van der Waals surface area contributed by atoms with Crippen molar-refractivity contribution in [3.05, 3.63) is 35.1 Å². The van der Waals surface area contributed by atoms with Gasteiger partial charge in [-0.15, -0.1) is 0 Å². The Labute approximate surface area is 161 Å². The lowest BCUT2D eigenvalue weighted by molar-refractivity contribution is -0.137. The molecule has 3 aliphatic rings. The molecule has 1 aromatic carbocycles. The zero-order chi connectivity index (χ0) is 19.8. The maximum Gasteiger partial charge on any atom is 0.303 e. The molecule has 0 radical (unpaired) electrons. The van der Waals surface area contributed by atoms with Crippen molar-refractivity contribution in [3.63, 3.8) is 0 Å². The summed E-state index contributed by atoms with van der Waals surface area (Å²) in [6, 6.07) is 5.16. The second-order valence-electron chi connectivity index (χ2n) is 8.45. The van der Waals surface area contributed by atoms with Crippen LogP contribution in [0.25, 0.3) is 0 Å². The number of carbonyl (C=O) groups is 2. The molecule has 3 aliphatic carbocycles. The second-order valence-corrected chi connectivity index (χ2v) is 8.45. The third kappa shape index (κ3) is 3.43. The Morgan fingerprint density at radius 2 is 2.04 bits per heavy atom. The van der Waals surface area contributed by atoms with Gasteiger partial charge < -0.3 is 5.11 Å². The van der Waals surface area contributed by atoms with Gasteiger partial charge in [0, 0.05) is 18.3 Å². The molecule has 1 aromatic rings. The van der Waals surface area contributed by atoms with Crippen LogP contribution in [0, 0.1) is 29.0 Å². The molecule has 0 saturated heterocycles. The summed E-state index contributed by atoms with van der Waals surface area (Å²) in [5.41, 5.74) is 2.09. The van der Waals surface area contributed by atoms with Crippen LogP contribution in [-0.4, -0.2) is 16.9 Å². The molecule has 0 bridgehead atoms. The summed E-state index contributed by atoms with van der Waals surface area (Å²) in [6.07, 6.45) is 4.98. The minimum absolute atomic E-state index is 0.143. The van der Waals surface area contributed by atoms with Gasteiger partial charge in [-0.1, -0.05) is 26.8 Å². The van der Waals surface area contributed by atoms with Crippen LogP contribution in [0.3, 0.4) is 0 Å². The van der Waals surface area contributed by atoms with E-state index in [0.717, 1.165) is 31.2 Å². The fraction of sp³-hybridized carbons (Fsp3) is 0.652. The molecule has 2 fully saturated rings. The standard InChI is InChI=1S/C21H25FO3.C2H6/c1-21-9-8-16-15-6-4-14(22)10-12(15)2-5-17(16)20(21)13(11-18(21)23)3-7-19(24)25;1-2/h4,6,10,13,16-17,20H,2-3,5,7-9,11H2,1H3,(H,24,25);1-2H3. The first-order valence-corrected chi connectivity index (χ1v) is 10.4. The zero-order valence-electron chi connectivity index (χ0n) is 16.6. The molecule has 5 unspecified atom stereocenters. The highest BCUT2D eigenvalue weighted by Gasteiger charge is 2.58. The van der Waals surface area contributed by atoms with Gasteiger partial charge in [-0.3, -0.25) is 9.59 Å². The van der Waals surface area contributed by atoms with Crippen molar-refractivity contribution in [2.75, 3.05) is 0 Å². The predicted molar refractivity (Wildman–Crippen MR) is 103 cm³/mol. The highest BCUT2D eigenvalue weighted by atomic mass is 19.1. The lowest BCUT2D eigenvalue weighted by Crippen LogP contribution is -2.44. The number of carbonyl (C=O) groups excluding carboxylic acids is 1. The third-order valence-electron chi connectivity index (χ3n) is 7.26. The first kappa shape index (κ1) is 20.0. The van der Waals surface area contributed by atoms with Crippen LogP contribution in [0.2, 0.25) is 0 Å². The fourth-order valence-electron chi connectivity index (χ4n) is 6.18. The van der Waals surface area contributed by atoms with Gasteiger partial charge in [-0.25, -0.2) is 4.39 Å². The quantitative estimate of drug-likeness (QED) is 0.774. The average molecular weight is 374 g/mol. The summed E-state index contributed by atoms with van der Waals surface area (Å²) >= 11 is 0. The van der Waals surface area contributed by atoms with E-state index in [1.807, 2.05) is 19.9 Å². The Morgan fingerprint density at radius 3 is 2.74 bits per heavy atom. The van der Waals surface area contributed by atoms with Gasteiger partial charge in [0.2, 0.25) is 0 Å². The van der Waals surface area contributed by atoms with Crippen LogP contribution < -0.4 is 0 Å². The van der Waals surface area contributed by atoms with Crippen LogP contribution in [0.15, 0.2) is 18.2 Å². The van der Waals surface area contributed by atoms with Crippen LogP contribution in [0.1, 0.15) is 76.3 Å². The van der Waals surface area contributed by atoms with E-state index in [2.05, 4.69) is 6.92 Å². The SMILES string of the molecule is CC.CC12CCC3c4ccc(F)cc4CCC3C1C(CCC(=O)O)CC2=O. The summed E-state index contributed by atoms with van der Waals surface area (Å²) in [7, 11) is 0. The molecule has 5 atom stereocenters. The number of carboxylic acids is 1. The number of rotatable bonds is 3. The third-order valence-corrected chi connectivity index (χ3v) is 7.26. The van der Waals surface area contributed by atoms with Crippen molar-refractivity contribution in [2.24, 2.45) is 23.2 Å². The molecule has 0 heterocycles. The number of ketones is 1. The molecular formula is C23H31FO3. The van der Waals surface area contributed by atoms with Crippen LogP contribution in [0.4, 0.5) is 4.39 Å². The molecule has 4 heteroatoms. The minimum atomic E-state index is -0.780. The van der Waals surface area contributed by atoms with E-state index in [0.29, 0.717) is 30.5 Å². The minimum Gasteiger partial charge on any atom is -0.481 e. The normalized spacial score (nSPS) is 34.0. The van der Waals surface area contributed by atoms with Gasteiger partial charge in [-0.2, -0.15) is 0 Å². The van der Waals surface area contributed by atoms with Gasteiger partial charge >= 0.3 is 5.97 Å². The second kappa shape index (κ2) is 7.73. The monoisotopic (exact) mass is 374 g/mol. The molecule has 3 nitrogen and oxygen atoms in total. The number of hydrogen-bond acceptors (Lipinski definition) is 2. The lowest BCUT2D eigenvalue weighted by atomic mass is 9.54. The Morgan fingerprint density at radius 1 is 1.30 bits per heavy atom. The number of aliphatic carboxylic acids is 1. The molecule has 4 rings (SSSR count). The first-order chi connectivity index (χ1) is 12.9. The molecule has 0 spiro atoms. The van der Waals surface area contributed by atoms with Crippen molar-refractivity contribution in [2.45, 2.75) is 71.6 Å². The molecule has 0 amide bonds. The van der Waals surface area contributed by atoms with E-state index in [1.165, 1.54) is 5.56 Å². The van der Waals surface area contributed by atoms with Crippen LogP contribution >= 0.6 is 0 Å². The lowest BCUT2D eigenvalue weighted by Gasteiger charge is -2.50. The highest BCUT2D eigenvalue weighted by molar-refractivity contribution is 5.87. The smallest absolute Gasteiger partial charge is 0.303 e. The van der Waals surface area contributed by atoms with E-state index in [-0.39, 0.29) is 29.5 Å². The van der Waals surface area contributed by atoms with Crippen molar-refractivity contribution in [1.82, 2.24) is 0 Å². The number of carboxylic acid groups (broad SMARTS) is 1. The summed E-state index contributed by atoms with van der Waals surface area (Å²) < 4.78 is 13.6. The van der Waals surface area contributed by atoms with Crippen LogP contribution in [-0.2, 0) is 16.0 Å². The molecule has 1 N–H and O–H groups in total. The number of aryl methyl sites for hydroxylation is 1. The Hall–Kier alpha value is -1.71. The van der Waals surface area contributed by atoms with Gasteiger partial charge in [0.1, 0.15) is 11.6 Å². The molecular weight excluding hydrogens is 343 g/mol. The van der Waals surface area contributed by atoms with E-state index in [4.69, 9.17) is 5.11 Å². The van der Waals surface area contributed by atoms with Gasteiger partial charge in [0.15, 0.2) is 0 Å². The van der Waals surface area contributed by atoms with Gasteiger partial charge in [0.25, 0.3) is 0 Å². The van der Waals surface area contributed by atoms with Crippen molar-refractivity contribution < 1.29 is 19.1 Å². The number of Topliss-reactive ketones (excluding diaryl/α,β-unsaturated/α-hetero) is 1. The Balaban J connectivity index is 0.00000102. The summed E-state index contributed by atoms with van der Waals surface area (Å²) in [5.74, 6) is 0.643. The first-order valence-electron chi connectivity index (χ1n) is 10.4. The molecule has 2 saturated carbocycles. The van der Waals surface area contributed by atoms with Crippen molar-refractivity contribution >= 4 is 11.8 Å². The van der Waals surface area contributed by atoms with Gasteiger partial charge in [-0.05, 0) is 79.0 Å². The summed E-state index contributed by atoms with van der Waals surface area (Å²) in [5, 5.41) is 9.07. The summed E-state index contributed by atoms with van der Waals surface area (Å²) in [4.78, 5) is 23.8. The van der Waals surface area contributed by atoms with E-state index in [9.17, 15) is 14.0 Å². The highest BCUT2D eigenvalue weighted by Crippen LogP contribution is 2.62. The fourth-order valence-corrected chi connectivity index (χ4v) is 6.18. The largest absolute Gasteiger partial charge is 0.481 e. The predicted octanol–water partition coefficient (Wildman–Crippen LogP) is 5.37. The van der Waals surface area contributed by atoms with Crippen LogP contribution in [0.5, 0.6) is 0 Å².